The highest BCUT2D eigenvalue weighted by Crippen LogP contribution is 2.34. The van der Waals surface area contributed by atoms with Crippen molar-refractivity contribution >= 4 is 39.7 Å². The molecule has 4 rings (SSSR count). The van der Waals surface area contributed by atoms with Gasteiger partial charge in [0.25, 0.3) is 0 Å². The first-order chi connectivity index (χ1) is 12.6. The molecule has 0 radical (unpaired) electrons. The van der Waals surface area contributed by atoms with E-state index in [1.54, 1.807) is 17.4 Å². The number of rotatable bonds is 5. The van der Waals surface area contributed by atoms with Crippen LogP contribution in [0.2, 0.25) is 5.15 Å². The molecule has 4 nitrogen and oxygen atoms in total. The van der Waals surface area contributed by atoms with Crippen molar-refractivity contribution in [3.63, 3.8) is 0 Å². The Labute approximate surface area is 161 Å². The molecule has 1 aliphatic carbocycles. The van der Waals surface area contributed by atoms with Gasteiger partial charge in [0.05, 0.1) is 11.3 Å². The van der Waals surface area contributed by atoms with Gasteiger partial charge < -0.3 is 15.5 Å². The Balaban J connectivity index is 1.76. The summed E-state index contributed by atoms with van der Waals surface area (Å²) < 4.78 is 6.16. The predicted molar refractivity (Wildman–Crippen MR) is 108 cm³/mol. The standard InChI is InChI=1S/C20H20ClN3OS/c1-12(22)9-17-15(7-6-13-4-5-13)19-20(25-17)16(10-18(21)24-19)23-11-14-3-2-8-26-14/h2-3,8,10,12-13H,4-5,9,11,22H2,1H3,(H,23,24)/t12-/m0/s1. The molecule has 0 amide bonds. The molecule has 26 heavy (non-hydrogen) atoms. The first kappa shape index (κ1) is 17.4. The Kier molecular flexibility index (Phi) is 4.90. The third-order valence-electron chi connectivity index (χ3n) is 4.20. The lowest BCUT2D eigenvalue weighted by atomic mass is 10.1. The van der Waals surface area contributed by atoms with Gasteiger partial charge in [-0.3, -0.25) is 0 Å². The molecule has 134 valence electrons. The number of fused-ring (bicyclic) bond motifs is 1. The summed E-state index contributed by atoms with van der Waals surface area (Å²) in [6.45, 7) is 2.67. The van der Waals surface area contributed by atoms with E-state index in [1.807, 2.05) is 13.0 Å². The highest BCUT2D eigenvalue weighted by molar-refractivity contribution is 7.09. The molecule has 3 N–H and O–H groups in total. The Hall–Kier alpha value is -2.00. The zero-order valence-corrected chi connectivity index (χ0v) is 16.1. The minimum absolute atomic E-state index is 0.0185. The quantitative estimate of drug-likeness (QED) is 0.488. The van der Waals surface area contributed by atoms with Crippen molar-refractivity contribution in [1.82, 2.24) is 4.98 Å². The van der Waals surface area contributed by atoms with Crippen molar-refractivity contribution in [2.75, 3.05) is 5.32 Å². The Morgan fingerprint density at radius 2 is 2.35 bits per heavy atom. The lowest BCUT2D eigenvalue weighted by molar-refractivity contribution is 0.524. The number of nitrogens with zero attached hydrogens (tertiary/aromatic N) is 1. The molecule has 0 saturated heterocycles. The summed E-state index contributed by atoms with van der Waals surface area (Å²) in [5, 5.41) is 5.90. The van der Waals surface area contributed by atoms with Gasteiger partial charge in [-0.25, -0.2) is 4.98 Å². The Bertz CT molecular complexity index is 978. The molecular weight excluding hydrogens is 366 g/mol. The number of halogens is 1. The van der Waals surface area contributed by atoms with Crippen LogP contribution in [-0.4, -0.2) is 11.0 Å². The molecule has 0 aromatic carbocycles. The van der Waals surface area contributed by atoms with E-state index in [-0.39, 0.29) is 6.04 Å². The maximum Gasteiger partial charge on any atom is 0.177 e. The summed E-state index contributed by atoms with van der Waals surface area (Å²) in [4.78, 5) is 5.74. The monoisotopic (exact) mass is 385 g/mol. The molecule has 6 heteroatoms. The number of nitrogens with one attached hydrogen (secondary N) is 1. The molecule has 0 spiro atoms. The number of furan rings is 1. The van der Waals surface area contributed by atoms with E-state index in [4.69, 9.17) is 21.8 Å². The SMILES string of the molecule is C[C@H](N)Cc1oc2c(NCc3cccs3)cc(Cl)nc2c1C#CC1CC1. The summed E-state index contributed by atoms with van der Waals surface area (Å²) in [6, 6.07) is 5.91. The average molecular weight is 386 g/mol. The fourth-order valence-corrected chi connectivity index (χ4v) is 3.61. The van der Waals surface area contributed by atoms with Crippen molar-refractivity contribution in [2.45, 2.75) is 38.8 Å². The summed E-state index contributed by atoms with van der Waals surface area (Å²) in [7, 11) is 0. The Morgan fingerprint density at radius 3 is 3.04 bits per heavy atom. The number of anilines is 1. The van der Waals surface area contributed by atoms with Crippen molar-refractivity contribution in [3.05, 3.63) is 44.9 Å². The van der Waals surface area contributed by atoms with Gasteiger partial charge in [-0.1, -0.05) is 29.5 Å². The summed E-state index contributed by atoms with van der Waals surface area (Å²) >= 11 is 7.99. The van der Waals surface area contributed by atoms with E-state index in [0.29, 0.717) is 29.6 Å². The number of hydrogen-bond acceptors (Lipinski definition) is 5. The topological polar surface area (TPSA) is 64.1 Å². The predicted octanol–water partition coefficient (Wildman–Crippen LogP) is 4.81. The van der Waals surface area contributed by atoms with Crippen molar-refractivity contribution < 1.29 is 4.42 Å². The highest BCUT2D eigenvalue weighted by atomic mass is 35.5. The third-order valence-corrected chi connectivity index (χ3v) is 5.27. The first-order valence-corrected chi connectivity index (χ1v) is 10.0. The zero-order chi connectivity index (χ0) is 18.1. The molecule has 3 heterocycles. The largest absolute Gasteiger partial charge is 0.456 e. The zero-order valence-electron chi connectivity index (χ0n) is 14.5. The molecule has 3 aromatic heterocycles. The number of thiophene rings is 1. The van der Waals surface area contributed by atoms with Crippen LogP contribution in [-0.2, 0) is 13.0 Å². The van der Waals surface area contributed by atoms with Gasteiger partial charge in [0.1, 0.15) is 16.4 Å². The van der Waals surface area contributed by atoms with Crippen molar-refractivity contribution in [1.29, 1.82) is 0 Å². The minimum Gasteiger partial charge on any atom is -0.456 e. The molecule has 0 aliphatic heterocycles. The number of pyridine rings is 1. The number of nitrogens with two attached hydrogens (primary N) is 1. The van der Waals surface area contributed by atoms with Gasteiger partial charge in [-0.15, -0.1) is 11.3 Å². The second-order valence-corrected chi connectivity index (χ2v) is 8.15. The van der Waals surface area contributed by atoms with Crippen LogP contribution in [0.4, 0.5) is 5.69 Å². The normalized spacial score (nSPS) is 14.9. The third kappa shape index (κ3) is 3.88. The van der Waals surface area contributed by atoms with Gasteiger partial charge in [-0.2, -0.15) is 0 Å². The molecule has 0 bridgehead atoms. The molecular formula is C20H20ClN3OS. The van der Waals surface area contributed by atoms with Crippen LogP contribution in [0, 0.1) is 17.8 Å². The van der Waals surface area contributed by atoms with Gasteiger partial charge in [0.15, 0.2) is 5.58 Å². The number of hydrogen-bond donors (Lipinski definition) is 2. The van der Waals surface area contributed by atoms with Crippen LogP contribution in [0.25, 0.3) is 11.1 Å². The first-order valence-electron chi connectivity index (χ1n) is 8.75. The van der Waals surface area contributed by atoms with Crippen LogP contribution in [0.15, 0.2) is 28.0 Å². The molecule has 1 saturated carbocycles. The lowest BCUT2D eigenvalue weighted by Gasteiger charge is -2.06. The van der Waals surface area contributed by atoms with E-state index in [1.165, 1.54) is 17.7 Å². The van der Waals surface area contributed by atoms with Gasteiger partial charge in [0.2, 0.25) is 0 Å². The Morgan fingerprint density at radius 1 is 1.50 bits per heavy atom. The smallest absolute Gasteiger partial charge is 0.177 e. The van der Waals surface area contributed by atoms with E-state index >= 15 is 0 Å². The summed E-state index contributed by atoms with van der Waals surface area (Å²) in [5.74, 6) is 7.87. The lowest BCUT2D eigenvalue weighted by Crippen LogP contribution is -2.17. The summed E-state index contributed by atoms with van der Waals surface area (Å²) in [5.41, 5.74) is 9.08. The van der Waals surface area contributed by atoms with Gasteiger partial charge >= 0.3 is 0 Å². The van der Waals surface area contributed by atoms with Crippen LogP contribution < -0.4 is 11.1 Å². The molecule has 1 aliphatic rings. The maximum absolute atomic E-state index is 6.28. The average Bonchev–Trinajstić information content (AvgIpc) is 3.15. The second-order valence-electron chi connectivity index (χ2n) is 6.73. The van der Waals surface area contributed by atoms with Crippen LogP contribution in [0.5, 0.6) is 0 Å². The fraction of sp³-hybridized carbons (Fsp3) is 0.350. The second kappa shape index (κ2) is 7.32. The van der Waals surface area contributed by atoms with Crippen LogP contribution in [0.3, 0.4) is 0 Å². The molecule has 0 unspecified atom stereocenters. The van der Waals surface area contributed by atoms with Crippen molar-refractivity contribution in [2.24, 2.45) is 11.7 Å². The van der Waals surface area contributed by atoms with E-state index in [2.05, 4.69) is 33.6 Å². The van der Waals surface area contributed by atoms with E-state index in [9.17, 15) is 0 Å². The summed E-state index contributed by atoms with van der Waals surface area (Å²) in [6.07, 6.45) is 2.97. The maximum atomic E-state index is 6.28. The van der Waals surface area contributed by atoms with Gasteiger partial charge in [-0.05, 0) is 31.2 Å². The van der Waals surface area contributed by atoms with Crippen LogP contribution >= 0.6 is 22.9 Å². The van der Waals surface area contributed by atoms with Crippen molar-refractivity contribution in [3.8, 4) is 11.8 Å². The number of aromatic nitrogens is 1. The molecule has 1 fully saturated rings. The minimum atomic E-state index is -0.0185. The fourth-order valence-electron chi connectivity index (χ4n) is 2.77. The highest BCUT2D eigenvalue weighted by Gasteiger charge is 2.21. The molecule has 1 atom stereocenters. The van der Waals surface area contributed by atoms with E-state index in [0.717, 1.165) is 22.5 Å². The van der Waals surface area contributed by atoms with Gasteiger partial charge in [0, 0.05) is 35.9 Å². The molecule has 3 aromatic rings. The van der Waals surface area contributed by atoms with Crippen LogP contribution in [0.1, 0.15) is 36.0 Å². The van der Waals surface area contributed by atoms with E-state index < -0.39 is 0 Å².